The van der Waals surface area contributed by atoms with E-state index in [0.717, 1.165) is 5.69 Å². The number of aliphatic hydroxyl groups is 1. The number of rotatable bonds is 8. The van der Waals surface area contributed by atoms with Crippen LogP contribution in [0.25, 0.3) is 0 Å². The van der Waals surface area contributed by atoms with Gasteiger partial charge in [-0.15, -0.1) is 0 Å². The Labute approximate surface area is 130 Å². The van der Waals surface area contributed by atoms with Gasteiger partial charge in [0.1, 0.15) is 12.7 Å². The minimum atomic E-state index is -0.580. The van der Waals surface area contributed by atoms with Gasteiger partial charge in [0.15, 0.2) is 0 Å². The third-order valence-corrected chi connectivity index (χ3v) is 4.07. The van der Waals surface area contributed by atoms with Crippen molar-refractivity contribution < 1.29 is 9.94 Å². The molecule has 0 spiro atoms. The van der Waals surface area contributed by atoms with E-state index in [9.17, 15) is 5.11 Å². The molecule has 3 rings (SSSR count). The van der Waals surface area contributed by atoms with Crippen LogP contribution in [-0.2, 0) is 4.84 Å². The molecule has 4 nitrogen and oxygen atoms in total. The van der Waals surface area contributed by atoms with Gasteiger partial charge in [0.2, 0.25) is 0 Å². The second kappa shape index (κ2) is 6.67. The third-order valence-electron chi connectivity index (χ3n) is 3.81. The topological polar surface area (TPSA) is 53.8 Å². The van der Waals surface area contributed by atoms with E-state index in [-0.39, 0.29) is 6.61 Å². The molecule has 114 valence electrons. The van der Waals surface area contributed by atoms with Crippen molar-refractivity contribution in [2.24, 2.45) is 17.0 Å². The molecule has 2 aliphatic rings. The zero-order chi connectivity index (χ0) is 14.7. The van der Waals surface area contributed by atoms with Gasteiger partial charge >= 0.3 is 0 Å². The van der Waals surface area contributed by atoms with Crippen molar-refractivity contribution in [3.63, 3.8) is 0 Å². The van der Waals surface area contributed by atoms with Gasteiger partial charge in [0.05, 0.1) is 5.71 Å². The van der Waals surface area contributed by atoms with Crippen molar-refractivity contribution >= 4 is 23.0 Å². The summed E-state index contributed by atoms with van der Waals surface area (Å²) in [7, 11) is 0. The number of hydrogen-bond acceptors (Lipinski definition) is 4. The highest BCUT2D eigenvalue weighted by Gasteiger charge is 2.38. The van der Waals surface area contributed by atoms with Crippen LogP contribution in [0.5, 0.6) is 0 Å². The number of nitrogens with zero attached hydrogens (tertiary/aromatic N) is 1. The van der Waals surface area contributed by atoms with Gasteiger partial charge in [-0.1, -0.05) is 16.8 Å². The molecular weight excluding hydrogens is 288 g/mol. The molecule has 0 radical (unpaired) electrons. The minimum absolute atomic E-state index is 0.226. The molecule has 5 heteroatoms. The lowest BCUT2D eigenvalue weighted by Crippen LogP contribution is -2.24. The number of hydrogen-bond donors (Lipinski definition) is 2. The van der Waals surface area contributed by atoms with Crippen LogP contribution in [0.2, 0.25) is 5.02 Å². The molecule has 0 amide bonds. The van der Waals surface area contributed by atoms with Crippen molar-refractivity contribution in [1.29, 1.82) is 0 Å². The molecule has 0 saturated heterocycles. The predicted octanol–water partition coefficient (Wildman–Crippen LogP) is 3.31. The molecule has 2 N–H and O–H groups in total. The van der Waals surface area contributed by atoms with Gasteiger partial charge in [-0.25, -0.2) is 0 Å². The first-order valence-corrected chi connectivity index (χ1v) is 7.97. The van der Waals surface area contributed by atoms with Crippen molar-refractivity contribution in [3.05, 3.63) is 29.3 Å². The highest BCUT2D eigenvalue weighted by atomic mass is 35.5. The monoisotopic (exact) mass is 308 g/mol. The molecule has 0 aromatic heterocycles. The second-order valence-electron chi connectivity index (χ2n) is 5.90. The molecule has 1 aromatic carbocycles. The smallest absolute Gasteiger partial charge is 0.144 e. The van der Waals surface area contributed by atoms with Gasteiger partial charge < -0.3 is 15.3 Å². The van der Waals surface area contributed by atoms with E-state index in [0.29, 0.717) is 23.4 Å². The van der Waals surface area contributed by atoms with E-state index in [4.69, 9.17) is 16.4 Å². The predicted molar refractivity (Wildman–Crippen MR) is 84.8 cm³/mol. The van der Waals surface area contributed by atoms with Gasteiger partial charge in [-0.2, -0.15) is 0 Å². The number of oxime groups is 1. The molecule has 1 atom stereocenters. The SMILES string of the molecule is OC(CNc1ccc(Cl)cc1)CON=C(C1CC1)C1CC1. The van der Waals surface area contributed by atoms with Crippen LogP contribution in [-0.4, -0.2) is 30.1 Å². The highest BCUT2D eigenvalue weighted by Crippen LogP contribution is 2.42. The van der Waals surface area contributed by atoms with Gasteiger partial charge in [-0.05, 0) is 49.9 Å². The summed E-state index contributed by atoms with van der Waals surface area (Å²) in [5, 5.41) is 18.0. The molecule has 2 aliphatic carbocycles. The lowest BCUT2D eigenvalue weighted by atomic mass is 10.2. The zero-order valence-electron chi connectivity index (χ0n) is 12.0. The normalized spacial score (nSPS) is 19.0. The van der Waals surface area contributed by atoms with Crippen LogP contribution in [0.15, 0.2) is 29.4 Å². The Morgan fingerprint density at radius 1 is 1.24 bits per heavy atom. The lowest BCUT2D eigenvalue weighted by Gasteiger charge is -2.12. The Kier molecular flexibility index (Phi) is 4.66. The minimum Gasteiger partial charge on any atom is -0.393 e. The fraction of sp³-hybridized carbons (Fsp3) is 0.562. The molecule has 2 fully saturated rings. The van der Waals surface area contributed by atoms with E-state index < -0.39 is 6.10 Å². The first kappa shape index (κ1) is 14.7. The lowest BCUT2D eigenvalue weighted by molar-refractivity contribution is 0.0461. The summed E-state index contributed by atoms with van der Waals surface area (Å²) < 4.78 is 0. The Bertz CT molecular complexity index is 482. The molecule has 0 bridgehead atoms. The summed E-state index contributed by atoms with van der Waals surface area (Å²) in [6.07, 6.45) is 4.42. The van der Waals surface area contributed by atoms with Crippen molar-refractivity contribution in [3.8, 4) is 0 Å². The van der Waals surface area contributed by atoms with Crippen LogP contribution in [0.4, 0.5) is 5.69 Å². The quantitative estimate of drug-likeness (QED) is 0.572. The number of nitrogens with one attached hydrogen (secondary N) is 1. The van der Waals surface area contributed by atoms with E-state index in [2.05, 4.69) is 10.5 Å². The molecular formula is C16H21ClN2O2. The van der Waals surface area contributed by atoms with Crippen LogP contribution in [0, 0.1) is 11.8 Å². The van der Waals surface area contributed by atoms with Crippen LogP contribution in [0.3, 0.4) is 0 Å². The van der Waals surface area contributed by atoms with Gasteiger partial charge in [0, 0.05) is 29.1 Å². The Morgan fingerprint density at radius 2 is 1.86 bits per heavy atom. The summed E-state index contributed by atoms with van der Waals surface area (Å²) in [4.78, 5) is 5.34. The summed E-state index contributed by atoms with van der Waals surface area (Å²) in [6.45, 7) is 0.656. The van der Waals surface area contributed by atoms with E-state index in [1.165, 1.54) is 31.4 Å². The standard InChI is InChI=1S/C16H21ClN2O2/c17-13-5-7-14(8-6-13)18-9-15(20)10-21-19-16(11-1-2-11)12-3-4-12/h5-8,11-12,15,18,20H,1-4,9-10H2. The molecule has 1 unspecified atom stereocenters. The van der Waals surface area contributed by atoms with E-state index in [1.807, 2.05) is 24.3 Å². The highest BCUT2D eigenvalue weighted by molar-refractivity contribution is 6.30. The van der Waals surface area contributed by atoms with Crippen molar-refractivity contribution in [1.82, 2.24) is 0 Å². The number of halogens is 1. The molecule has 0 aliphatic heterocycles. The zero-order valence-corrected chi connectivity index (χ0v) is 12.7. The Balaban J connectivity index is 1.38. The van der Waals surface area contributed by atoms with E-state index >= 15 is 0 Å². The first-order chi connectivity index (χ1) is 10.2. The summed E-state index contributed by atoms with van der Waals surface area (Å²) in [6, 6.07) is 7.39. The second-order valence-corrected chi connectivity index (χ2v) is 6.34. The third kappa shape index (κ3) is 4.61. The van der Waals surface area contributed by atoms with Crippen molar-refractivity contribution in [2.75, 3.05) is 18.5 Å². The fourth-order valence-electron chi connectivity index (χ4n) is 2.30. The molecule has 1 aromatic rings. The van der Waals surface area contributed by atoms with Gasteiger partial charge in [0.25, 0.3) is 0 Å². The van der Waals surface area contributed by atoms with Crippen LogP contribution >= 0.6 is 11.6 Å². The van der Waals surface area contributed by atoms with Gasteiger partial charge in [-0.3, -0.25) is 0 Å². The molecule has 0 heterocycles. The molecule has 2 saturated carbocycles. The Hall–Kier alpha value is -1.26. The first-order valence-electron chi connectivity index (χ1n) is 7.59. The fourth-order valence-corrected chi connectivity index (χ4v) is 2.43. The summed E-state index contributed by atoms with van der Waals surface area (Å²) in [5.74, 6) is 1.31. The maximum atomic E-state index is 9.90. The van der Waals surface area contributed by atoms with Crippen molar-refractivity contribution in [2.45, 2.75) is 31.8 Å². The molecule has 21 heavy (non-hydrogen) atoms. The maximum absolute atomic E-state index is 9.90. The van der Waals surface area contributed by atoms with Crippen LogP contribution < -0.4 is 5.32 Å². The largest absolute Gasteiger partial charge is 0.393 e. The van der Waals surface area contributed by atoms with E-state index in [1.54, 1.807) is 0 Å². The van der Waals surface area contributed by atoms with Crippen LogP contribution in [0.1, 0.15) is 25.7 Å². The average molecular weight is 309 g/mol. The Morgan fingerprint density at radius 3 is 2.43 bits per heavy atom. The number of anilines is 1. The number of benzene rings is 1. The maximum Gasteiger partial charge on any atom is 0.144 e. The average Bonchev–Trinajstić information content (AvgIpc) is 3.37. The summed E-state index contributed by atoms with van der Waals surface area (Å²) >= 11 is 5.82. The summed E-state index contributed by atoms with van der Waals surface area (Å²) in [5.41, 5.74) is 2.16. The number of aliphatic hydroxyl groups excluding tert-OH is 1.